The van der Waals surface area contributed by atoms with Crippen LogP contribution in [0.5, 0.6) is 5.75 Å². The summed E-state index contributed by atoms with van der Waals surface area (Å²) in [5.41, 5.74) is 2.29. The van der Waals surface area contributed by atoms with Gasteiger partial charge in [-0.3, -0.25) is 14.4 Å². The van der Waals surface area contributed by atoms with Gasteiger partial charge in [0.1, 0.15) is 23.0 Å². The number of piperazine rings is 1. The number of fused-ring (bicyclic) bond motifs is 1. The second kappa shape index (κ2) is 10.7. The molecule has 0 aliphatic carbocycles. The number of amides is 2. The fraction of sp³-hybridized carbons (Fsp3) is 0.259. The van der Waals surface area contributed by atoms with Gasteiger partial charge in [0, 0.05) is 44.5 Å². The number of carbonyl (C=O) groups excluding carboxylic acids is 3. The van der Waals surface area contributed by atoms with Gasteiger partial charge in [-0.05, 0) is 19.1 Å². The minimum atomic E-state index is -0.664. The molecule has 1 saturated heterocycles. The van der Waals surface area contributed by atoms with Gasteiger partial charge in [0.05, 0.1) is 42.2 Å². The van der Waals surface area contributed by atoms with Crippen molar-refractivity contribution in [3.8, 4) is 17.1 Å². The van der Waals surface area contributed by atoms with Crippen LogP contribution < -0.4 is 10.1 Å². The van der Waals surface area contributed by atoms with E-state index in [0.717, 1.165) is 0 Å². The third-order valence-electron chi connectivity index (χ3n) is 6.46. The number of pyridine rings is 1. The number of nitrogens with zero attached hydrogens (tertiary/aromatic N) is 5. The number of benzene rings is 1. The van der Waals surface area contributed by atoms with Crippen molar-refractivity contribution in [1.82, 2.24) is 29.7 Å². The van der Waals surface area contributed by atoms with E-state index in [-0.39, 0.29) is 24.6 Å². The zero-order valence-electron chi connectivity index (χ0n) is 21.1. The number of H-pyrrole nitrogens is 1. The highest BCUT2D eigenvalue weighted by Crippen LogP contribution is 2.34. The summed E-state index contributed by atoms with van der Waals surface area (Å²) < 4.78 is 5.48. The highest BCUT2D eigenvalue weighted by molar-refractivity contribution is 6.45. The summed E-state index contributed by atoms with van der Waals surface area (Å²) in [5, 5.41) is 3.54. The minimum Gasteiger partial charge on any atom is -0.494 e. The van der Waals surface area contributed by atoms with E-state index in [1.54, 1.807) is 29.4 Å². The van der Waals surface area contributed by atoms with Gasteiger partial charge in [0.15, 0.2) is 0 Å². The molecule has 1 aliphatic rings. The molecule has 0 atom stereocenters. The molecule has 194 valence electrons. The average molecular weight is 514 g/mol. The summed E-state index contributed by atoms with van der Waals surface area (Å²) in [6.45, 7) is 3.91. The maximum atomic E-state index is 13.4. The molecule has 4 aromatic rings. The van der Waals surface area contributed by atoms with Crippen LogP contribution in [0, 0.1) is 0 Å². The van der Waals surface area contributed by atoms with Gasteiger partial charge in [-0.15, -0.1) is 0 Å². The highest BCUT2D eigenvalue weighted by atomic mass is 16.5. The largest absolute Gasteiger partial charge is 0.494 e. The molecule has 0 radical (unpaired) electrons. The number of aromatic nitrogens is 4. The predicted octanol–water partition coefficient (Wildman–Crippen LogP) is 2.63. The fourth-order valence-electron chi connectivity index (χ4n) is 4.50. The van der Waals surface area contributed by atoms with Crippen LogP contribution in [0.25, 0.3) is 22.3 Å². The molecular weight excluding hydrogens is 486 g/mol. The lowest BCUT2D eigenvalue weighted by atomic mass is 10.1. The molecule has 3 aromatic heterocycles. The molecule has 2 N–H and O–H groups in total. The van der Waals surface area contributed by atoms with Crippen molar-refractivity contribution < 1.29 is 19.1 Å². The first-order chi connectivity index (χ1) is 18.5. The van der Waals surface area contributed by atoms with Gasteiger partial charge in [0.25, 0.3) is 17.6 Å². The van der Waals surface area contributed by atoms with Gasteiger partial charge in [-0.2, -0.15) is 0 Å². The lowest BCUT2D eigenvalue weighted by Gasteiger charge is -2.34. The Morgan fingerprint density at radius 1 is 0.974 bits per heavy atom. The predicted molar refractivity (Wildman–Crippen MR) is 141 cm³/mol. The molecule has 4 heterocycles. The second-order valence-electron chi connectivity index (χ2n) is 8.72. The number of hydrogen-bond acceptors (Lipinski definition) is 8. The van der Waals surface area contributed by atoms with Crippen molar-refractivity contribution in [3.63, 3.8) is 0 Å². The van der Waals surface area contributed by atoms with Crippen LogP contribution in [0.2, 0.25) is 0 Å². The quantitative estimate of drug-likeness (QED) is 0.285. The SMILES string of the molecule is CCNc1cnc(-c2ncc(OC)c3c(C(=O)C(=O)N4CCN(C(=O)c5ccccc5)CC4)c[nH]c23)cn1. The summed E-state index contributed by atoms with van der Waals surface area (Å²) in [7, 11) is 1.48. The summed E-state index contributed by atoms with van der Waals surface area (Å²) >= 11 is 0. The van der Waals surface area contributed by atoms with Gasteiger partial charge < -0.3 is 24.8 Å². The van der Waals surface area contributed by atoms with Gasteiger partial charge in [-0.1, -0.05) is 18.2 Å². The zero-order chi connectivity index (χ0) is 26.6. The summed E-state index contributed by atoms with van der Waals surface area (Å²) in [6, 6.07) is 9.00. The maximum absolute atomic E-state index is 13.4. The summed E-state index contributed by atoms with van der Waals surface area (Å²) in [6.07, 6.45) is 6.20. The van der Waals surface area contributed by atoms with Crippen molar-refractivity contribution in [2.45, 2.75) is 6.92 Å². The van der Waals surface area contributed by atoms with E-state index >= 15 is 0 Å². The molecule has 11 heteroatoms. The number of ketones is 1. The van der Waals surface area contributed by atoms with Crippen molar-refractivity contribution >= 4 is 34.3 Å². The van der Waals surface area contributed by atoms with E-state index in [1.165, 1.54) is 24.4 Å². The lowest BCUT2D eigenvalue weighted by molar-refractivity contribution is -0.127. The van der Waals surface area contributed by atoms with E-state index < -0.39 is 11.7 Å². The topological polar surface area (TPSA) is 133 Å². The molecule has 0 bridgehead atoms. The lowest BCUT2D eigenvalue weighted by Crippen LogP contribution is -2.52. The number of carbonyl (C=O) groups is 3. The number of aromatic amines is 1. The normalized spacial score (nSPS) is 13.4. The van der Waals surface area contributed by atoms with Crippen LogP contribution in [0.3, 0.4) is 0 Å². The molecule has 11 nitrogen and oxygen atoms in total. The number of ether oxygens (including phenoxy) is 1. The molecule has 5 rings (SSSR count). The number of anilines is 1. The highest BCUT2D eigenvalue weighted by Gasteiger charge is 2.31. The second-order valence-corrected chi connectivity index (χ2v) is 8.72. The van der Waals surface area contributed by atoms with Crippen molar-refractivity contribution in [2.75, 3.05) is 45.2 Å². The molecule has 0 unspecified atom stereocenters. The van der Waals surface area contributed by atoms with Crippen LogP contribution >= 0.6 is 0 Å². The van der Waals surface area contributed by atoms with Crippen LogP contribution in [0.1, 0.15) is 27.6 Å². The summed E-state index contributed by atoms with van der Waals surface area (Å²) in [5.74, 6) is -0.390. The van der Waals surface area contributed by atoms with Gasteiger partial charge >= 0.3 is 0 Å². The number of rotatable bonds is 7. The summed E-state index contributed by atoms with van der Waals surface area (Å²) in [4.78, 5) is 58.8. The third-order valence-corrected chi connectivity index (χ3v) is 6.46. The van der Waals surface area contributed by atoms with Crippen LogP contribution in [0.15, 0.2) is 55.1 Å². The van der Waals surface area contributed by atoms with Crippen LogP contribution in [-0.4, -0.2) is 87.2 Å². The molecule has 1 aliphatic heterocycles. The molecular formula is C27H27N7O4. The van der Waals surface area contributed by atoms with Gasteiger partial charge in [0.2, 0.25) is 0 Å². The number of methoxy groups -OCH3 is 1. The minimum absolute atomic E-state index is 0.0907. The Hall–Kier alpha value is -4.80. The Balaban J connectivity index is 1.36. The zero-order valence-corrected chi connectivity index (χ0v) is 21.1. The standard InChI is InChI=1S/C27H27N7O4/c1-3-28-21-16-29-19(14-30-21)23-24-22(20(38-2)15-32-23)18(13-31-24)25(35)27(37)34-11-9-33(10-12-34)26(36)17-7-5-4-6-8-17/h4-8,13-16,31H,3,9-12H2,1-2H3,(H,28,30). The van der Waals surface area contributed by atoms with E-state index in [4.69, 9.17) is 4.74 Å². The molecule has 0 spiro atoms. The maximum Gasteiger partial charge on any atom is 0.295 e. The Morgan fingerprint density at radius 3 is 2.37 bits per heavy atom. The number of hydrogen-bond donors (Lipinski definition) is 2. The first-order valence-corrected chi connectivity index (χ1v) is 12.3. The molecule has 38 heavy (non-hydrogen) atoms. The van der Waals surface area contributed by atoms with E-state index in [2.05, 4.69) is 25.3 Å². The Bertz CT molecular complexity index is 1480. The van der Waals surface area contributed by atoms with E-state index in [9.17, 15) is 14.4 Å². The first kappa shape index (κ1) is 24.9. The van der Waals surface area contributed by atoms with E-state index in [1.807, 2.05) is 25.1 Å². The van der Waals surface area contributed by atoms with Crippen LogP contribution in [0.4, 0.5) is 5.82 Å². The fourth-order valence-corrected chi connectivity index (χ4v) is 4.50. The average Bonchev–Trinajstić information content (AvgIpc) is 3.42. The first-order valence-electron chi connectivity index (χ1n) is 12.3. The van der Waals surface area contributed by atoms with Crippen molar-refractivity contribution in [3.05, 3.63) is 66.2 Å². The Labute approximate surface area is 218 Å². The van der Waals surface area contributed by atoms with Gasteiger partial charge in [-0.25, -0.2) is 15.0 Å². The van der Waals surface area contributed by atoms with Crippen LogP contribution in [-0.2, 0) is 4.79 Å². The molecule has 1 aromatic carbocycles. The number of Topliss-reactive ketones (excluding diaryl/α,β-unsaturated/α-hetero) is 1. The molecule has 2 amide bonds. The third kappa shape index (κ3) is 4.65. The monoisotopic (exact) mass is 513 g/mol. The van der Waals surface area contributed by atoms with Crippen molar-refractivity contribution in [1.29, 1.82) is 0 Å². The Morgan fingerprint density at radius 2 is 1.71 bits per heavy atom. The smallest absolute Gasteiger partial charge is 0.295 e. The Kier molecular flexibility index (Phi) is 6.98. The van der Waals surface area contributed by atoms with Crippen molar-refractivity contribution in [2.24, 2.45) is 0 Å². The number of nitrogens with one attached hydrogen (secondary N) is 2. The van der Waals surface area contributed by atoms with E-state index in [0.29, 0.717) is 59.1 Å². The molecule has 1 fully saturated rings. The molecule has 0 saturated carbocycles.